The minimum Gasteiger partial charge on any atom is -0.494 e. The monoisotopic (exact) mass is 275 g/mol. The van der Waals surface area contributed by atoms with Crippen LogP contribution in [0, 0.1) is 5.92 Å². The lowest BCUT2D eigenvalue weighted by Gasteiger charge is -2.10. The highest BCUT2D eigenvalue weighted by molar-refractivity contribution is 5.79. The van der Waals surface area contributed by atoms with E-state index in [1.54, 1.807) is 0 Å². The SMILES string of the molecule is CC(C)CCCCOc1ccc([C@H]2CNC(=O)C2)cc1. The molecule has 110 valence electrons. The number of nitrogens with one attached hydrogen (secondary N) is 1. The minimum absolute atomic E-state index is 0.153. The summed E-state index contributed by atoms with van der Waals surface area (Å²) in [6.07, 6.45) is 4.22. The standard InChI is InChI=1S/C17H25NO2/c1-13(2)5-3-4-10-20-16-8-6-14(7-9-16)15-11-17(19)18-12-15/h6-9,13,15H,3-5,10-12H2,1-2H3,(H,18,19)/t15-/m1/s1. The lowest BCUT2D eigenvalue weighted by Crippen LogP contribution is -2.13. The van der Waals surface area contributed by atoms with E-state index in [1.807, 2.05) is 12.1 Å². The van der Waals surface area contributed by atoms with Gasteiger partial charge in [-0.15, -0.1) is 0 Å². The Bertz CT molecular complexity index is 425. The quantitative estimate of drug-likeness (QED) is 0.773. The predicted molar refractivity (Wildman–Crippen MR) is 81.0 cm³/mol. The molecule has 0 spiro atoms. The number of carbonyl (C=O) groups excluding carboxylic acids is 1. The largest absolute Gasteiger partial charge is 0.494 e. The Morgan fingerprint density at radius 3 is 2.60 bits per heavy atom. The molecule has 1 aromatic rings. The van der Waals surface area contributed by atoms with Crippen molar-refractivity contribution >= 4 is 5.91 Å². The van der Waals surface area contributed by atoms with Crippen LogP contribution in [0.2, 0.25) is 0 Å². The number of unbranched alkanes of at least 4 members (excludes halogenated alkanes) is 1. The fraction of sp³-hybridized carbons (Fsp3) is 0.588. The van der Waals surface area contributed by atoms with E-state index in [1.165, 1.54) is 18.4 Å². The first-order chi connectivity index (χ1) is 9.65. The first-order valence-corrected chi connectivity index (χ1v) is 7.64. The van der Waals surface area contributed by atoms with E-state index in [2.05, 4.69) is 31.3 Å². The summed E-state index contributed by atoms with van der Waals surface area (Å²) in [4.78, 5) is 11.2. The molecule has 3 nitrogen and oxygen atoms in total. The van der Waals surface area contributed by atoms with Crippen molar-refractivity contribution in [3.63, 3.8) is 0 Å². The van der Waals surface area contributed by atoms with Crippen molar-refractivity contribution in [2.75, 3.05) is 13.2 Å². The van der Waals surface area contributed by atoms with Crippen molar-refractivity contribution in [2.45, 2.75) is 45.4 Å². The Balaban J connectivity index is 1.73. The number of rotatable bonds is 7. The van der Waals surface area contributed by atoms with Gasteiger partial charge < -0.3 is 10.1 Å². The normalized spacial score (nSPS) is 18.4. The molecule has 1 aliphatic rings. The van der Waals surface area contributed by atoms with Crippen molar-refractivity contribution in [1.82, 2.24) is 5.32 Å². The number of carbonyl (C=O) groups is 1. The third-order valence-electron chi connectivity index (χ3n) is 3.77. The molecule has 0 aromatic heterocycles. The van der Waals surface area contributed by atoms with Gasteiger partial charge in [0.05, 0.1) is 6.61 Å². The maximum Gasteiger partial charge on any atom is 0.220 e. The second-order valence-corrected chi connectivity index (χ2v) is 6.01. The van der Waals surface area contributed by atoms with Gasteiger partial charge >= 0.3 is 0 Å². The fourth-order valence-electron chi connectivity index (χ4n) is 2.52. The van der Waals surface area contributed by atoms with Gasteiger partial charge in [-0.2, -0.15) is 0 Å². The molecule has 1 saturated heterocycles. The summed E-state index contributed by atoms with van der Waals surface area (Å²) in [5.41, 5.74) is 1.22. The van der Waals surface area contributed by atoms with Crippen LogP contribution in [0.15, 0.2) is 24.3 Å². The van der Waals surface area contributed by atoms with Gasteiger partial charge in [-0.1, -0.05) is 32.4 Å². The molecule has 20 heavy (non-hydrogen) atoms. The van der Waals surface area contributed by atoms with Gasteiger partial charge in [-0.05, 0) is 36.5 Å². The average molecular weight is 275 g/mol. The van der Waals surface area contributed by atoms with Crippen LogP contribution < -0.4 is 10.1 Å². The number of amides is 1. The van der Waals surface area contributed by atoms with E-state index in [0.717, 1.165) is 31.2 Å². The zero-order valence-electron chi connectivity index (χ0n) is 12.5. The number of hydrogen-bond donors (Lipinski definition) is 1. The molecule has 2 rings (SSSR count). The smallest absolute Gasteiger partial charge is 0.220 e. The Kier molecular flexibility index (Phi) is 5.45. The molecule has 0 aliphatic carbocycles. The molecule has 1 aromatic carbocycles. The highest BCUT2D eigenvalue weighted by Gasteiger charge is 2.22. The van der Waals surface area contributed by atoms with Crippen LogP contribution in [0.5, 0.6) is 5.75 Å². The van der Waals surface area contributed by atoms with Crippen LogP contribution in [0.4, 0.5) is 0 Å². The van der Waals surface area contributed by atoms with Gasteiger partial charge in [0.1, 0.15) is 5.75 Å². The van der Waals surface area contributed by atoms with Crippen molar-refractivity contribution in [1.29, 1.82) is 0 Å². The summed E-state index contributed by atoms with van der Waals surface area (Å²) in [6.45, 7) is 6.05. The maximum atomic E-state index is 11.2. The zero-order chi connectivity index (χ0) is 14.4. The molecule has 1 fully saturated rings. The maximum absolute atomic E-state index is 11.2. The Hall–Kier alpha value is -1.51. The second-order valence-electron chi connectivity index (χ2n) is 6.01. The molecule has 0 radical (unpaired) electrons. The zero-order valence-corrected chi connectivity index (χ0v) is 12.5. The molecule has 1 amide bonds. The summed E-state index contributed by atoms with van der Waals surface area (Å²) in [6, 6.07) is 8.18. The van der Waals surface area contributed by atoms with E-state index < -0.39 is 0 Å². The van der Waals surface area contributed by atoms with Gasteiger partial charge in [0, 0.05) is 18.9 Å². The highest BCUT2D eigenvalue weighted by atomic mass is 16.5. The highest BCUT2D eigenvalue weighted by Crippen LogP contribution is 2.25. The van der Waals surface area contributed by atoms with Crippen LogP contribution >= 0.6 is 0 Å². The Labute approximate surface area is 121 Å². The summed E-state index contributed by atoms with van der Waals surface area (Å²) < 4.78 is 5.74. The summed E-state index contributed by atoms with van der Waals surface area (Å²) in [5, 5.41) is 2.87. The first kappa shape index (κ1) is 14.9. The molecule has 1 N–H and O–H groups in total. The Morgan fingerprint density at radius 2 is 2.00 bits per heavy atom. The third kappa shape index (κ3) is 4.55. The van der Waals surface area contributed by atoms with Gasteiger partial charge in [0.15, 0.2) is 0 Å². The van der Waals surface area contributed by atoms with Gasteiger partial charge in [-0.25, -0.2) is 0 Å². The topological polar surface area (TPSA) is 38.3 Å². The minimum atomic E-state index is 0.153. The van der Waals surface area contributed by atoms with E-state index in [9.17, 15) is 4.79 Å². The fourth-order valence-corrected chi connectivity index (χ4v) is 2.52. The molecular formula is C17H25NO2. The van der Waals surface area contributed by atoms with Crippen molar-refractivity contribution in [3.8, 4) is 5.75 Å². The van der Waals surface area contributed by atoms with Gasteiger partial charge in [-0.3, -0.25) is 4.79 Å². The van der Waals surface area contributed by atoms with Crippen LogP contribution in [-0.2, 0) is 4.79 Å². The Morgan fingerprint density at radius 1 is 1.25 bits per heavy atom. The van der Waals surface area contributed by atoms with Gasteiger partial charge in [0.2, 0.25) is 5.91 Å². The molecule has 0 bridgehead atoms. The number of ether oxygens (including phenoxy) is 1. The van der Waals surface area contributed by atoms with E-state index in [-0.39, 0.29) is 5.91 Å². The van der Waals surface area contributed by atoms with E-state index in [4.69, 9.17) is 4.74 Å². The first-order valence-electron chi connectivity index (χ1n) is 7.64. The molecule has 0 saturated carbocycles. The average Bonchev–Trinajstić information content (AvgIpc) is 2.85. The van der Waals surface area contributed by atoms with Crippen LogP contribution in [0.3, 0.4) is 0 Å². The molecule has 1 aliphatic heterocycles. The summed E-state index contributed by atoms with van der Waals surface area (Å²) in [7, 11) is 0. The second kappa shape index (κ2) is 7.32. The van der Waals surface area contributed by atoms with Crippen LogP contribution in [0.1, 0.15) is 51.0 Å². The van der Waals surface area contributed by atoms with E-state index in [0.29, 0.717) is 12.3 Å². The van der Waals surface area contributed by atoms with Crippen molar-refractivity contribution < 1.29 is 9.53 Å². The van der Waals surface area contributed by atoms with Gasteiger partial charge in [0.25, 0.3) is 0 Å². The van der Waals surface area contributed by atoms with Crippen molar-refractivity contribution in [2.24, 2.45) is 5.92 Å². The third-order valence-corrected chi connectivity index (χ3v) is 3.77. The molecule has 3 heteroatoms. The molecule has 1 heterocycles. The lowest BCUT2D eigenvalue weighted by molar-refractivity contribution is -0.119. The van der Waals surface area contributed by atoms with Crippen LogP contribution in [0.25, 0.3) is 0 Å². The molecule has 1 atom stereocenters. The van der Waals surface area contributed by atoms with E-state index >= 15 is 0 Å². The summed E-state index contributed by atoms with van der Waals surface area (Å²) >= 11 is 0. The predicted octanol–water partition coefficient (Wildman–Crippen LogP) is 3.50. The van der Waals surface area contributed by atoms with Crippen molar-refractivity contribution in [3.05, 3.63) is 29.8 Å². The molecule has 0 unspecified atom stereocenters. The number of benzene rings is 1. The lowest BCUT2D eigenvalue weighted by atomic mass is 9.98. The number of hydrogen-bond acceptors (Lipinski definition) is 2. The van der Waals surface area contributed by atoms with Crippen LogP contribution in [-0.4, -0.2) is 19.1 Å². The summed E-state index contributed by atoms with van der Waals surface area (Å²) in [5.74, 6) is 2.18. The molecular weight excluding hydrogens is 250 g/mol.